The topological polar surface area (TPSA) is 22.1 Å². The second-order valence-corrected chi connectivity index (χ2v) is 6.47. The number of benzene rings is 2. The molecular formula is C19H18FNOS. The maximum absolute atomic E-state index is 12.6. The lowest BCUT2D eigenvalue weighted by atomic mass is 10.1. The second kappa shape index (κ2) is 7.38. The molecule has 0 bridgehead atoms. The number of aryl methyl sites for hydroxylation is 1. The van der Waals surface area contributed by atoms with Crippen molar-refractivity contribution >= 4 is 11.3 Å². The van der Waals surface area contributed by atoms with Crippen molar-refractivity contribution in [1.82, 2.24) is 4.98 Å². The number of thiazole rings is 1. The van der Waals surface area contributed by atoms with Gasteiger partial charge in [-0.1, -0.05) is 42.5 Å². The van der Waals surface area contributed by atoms with E-state index >= 15 is 0 Å². The first-order chi connectivity index (χ1) is 11.3. The Hall–Kier alpha value is -2.20. The van der Waals surface area contributed by atoms with Crippen molar-refractivity contribution in [3.05, 3.63) is 70.7 Å². The highest BCUT2D eigenvalue weighted by atomic mass is 32.1. The fourth-order valence-corrected chi connectivity index (χ4v) is 3.27. The number of hydrogen-bond acceptors (Lipinski definition) is 3. The lowest BCUT2D eigenvalue weighted by Gasteiger charge is -2.04. The molecule has 118 valence electrons. The zero-order chi connectivity index (χ0) is 16.1. The normalized spacial score (nSPS) is 10.7. The van der Waals surface area contributed by atoms with E-state index in [1.807, 2.05) is 54.6 Å². The van der Waals surface area contributed by atoms with Gasteiger partial charge in [0, 0.05) is 16.9 Å². The number of alkyl halides is 1. The number of aromatic nitrogens is 1. The highest BCUT2D eigenvalue weighted by Crippen LogP contribution is 2.28. The van der Waals surface area contributed by atoms with Gasteiger partial charge in [-0.15, -0.1) is 11.3 Å². The van der Waals surface area contributed by atoms with Gasteiger partial charge in [0.15, 0.2) is 0 Å². The van der Waals surface area contributed by atoms with E-state index in [0.29, 0.717) is 12.2 Å². The molecule has 3 aromatic rings. The Morgan fingerprint density at radius 2 is 1.78 bits per heavy atom. The minimum atomic E-state index is -0.431. The van der Waals surface area contributed by atoms with Crippen molar-refractivity contribution < 1.29 is 9.13 Å². The molecule has 0 unspecified atom stereocenters. The number of rotatable bonds is 6. The van der Waals surface area contributed by atoms with E-state index in [1.54, 1.807) is 11.3 Å². The molecule has 0 fully saturated rings. The Bertz CT molecular complexity index is 753. The van der Waals surface area contributed by atoms with Crippen molar-refractivity contribution in [1.29, 1.82) is 0 Å². The standard InChI is InChI=1S/C19H18FNOS/c1-14-18(11-12-22-17-5-3-2-4-6-17)21-19(23-14)16-9-7-15(13-20)8-10-16/h2-10H,11-13H2,1H3. The predicted octanol–water partition coefficient (Wildman–Crippen LogP) is 5.21. The SMILES string of the molecule is Cc1sc(-c2ccc(CF)cc2)nc1CCOc1ccccc1. The zero-order valence-corrected chi connectivity index (χ0v) is 13.8. The summed E-state index contributed by atoms with van der Waals surface area (Å²) < 4.78 is 18.3. The summed E-state index contributed by atoms with van der Waals surface area (Å²) in [5.41, 5.74) is 2.79. The summed E-state index contributed by atoms with van der Waals surface area (Å²) in [5, 5.41) is 0.975. The summed E-state index contributed by atoms with van der Waals surface area (Å²) in [6, 6.07) is 17.3. The van der Waals surface area contributed by atoms with Crippen molar-refractivity contribution in [2.24, 2.45) is 0 Å². The first-order valence-electron chi connectivity index (χ1n) is 7.55. The van der Waals surface area contributed by atoms with Crippen LogP contribution < -0.4 is 4.74 Å². The summed E-state index contributed by atoms with van der Waals surface area (Å²) in [6.45, 7) is 2.25. The molecule has 1 heterocycles. The Kier molecular flexibility index (Phi) is 5.03. The third-order valence-electron chi connectivity index (χ3n) is 3.60. The van der Waals surface area contributed by atoms with Crippen molar-refractivity contribution in [2.75, 3.05) is 6.61 Å². The largest absolute Gasteiger partial charge is 0.493 e. The number of ether oxygens (including phenoxy) is 1. The van der Waals surface area contributed by atoms with Crippen LogP contribution in [0.5, 0.6) is 5.75 Å². The van der Waals surface area contributed by atoms with Gasteiger partial charge in [-0.2, -0.15) is 0 Å². The van der Waals surface area contributed by atoms with Gasteiger partial charge in [-0.05, 0) is 24.6 Å². The van der Waals surface area contributed by atoms with Gasteiger partial charge in [-0.25, -0.2) is 9.37 Å². The average molecular weight is 327 g/mol. The lowest BCUT2D eigenvalue weighted by molar-refractivity contribution is 0.320. The van der Waals surface area contributed by atoms with Gasteiger partial charge in [0.25, 0.3) is 0 Å². The molecule has 1 aromatic heterocycles. The fourth-order valence-electron chi connectivity index (χ4n) is 2.30. The molecule has 0 amide bonds. The molecule has 0 radical (unpaired) electrons. The predicted molar refractivity (Wildman–Crippen MR) is 92.7 cm³/mol. The molecule has 2 aromatic carbocycles. The molecule has 0 spiro atoms. The summed E-state index contributed by atoms with van der Waals surface area (Å²) >= 11 is 1.67. The van der Waals surface area contributed by atoms with Crippen LogP contribution in [0.4, 0.5) is 4.39 Å². The van der Waals surface area contributed by atoms with Gasteiger partial charge in [0.1, 0.15) is 17.4 Å². The van der Waals surface area contributed by atoms with Gasteiger partial charge >= 0.3 is 0 Å². The molecule has 0 aliphatic carbocycles. The minimum absolute atomic E-state index is 0.431. The van der Waals surface area contributed by atoms with E-state index in [2.05, 4.69) is 6.92 Å². The number of hydrogen-bond donors (Lipinski definition) is 0. The van der Waals surface area contributed by atoms with E-state index < -0.39 is 6.67 Å². The van der Waals surface area contributed by atoms with Crippen LogP contribution in [0, 0.1) is 6.92 Å². The van der Waals surface area contributed by atoms with Crippen LogP contribution in [0.1, 0.15) is 16.1 Å². The lowest BCUT2D eigenvalue weighted by Crippen LogP contribution is -2.02. The highest BCUT2D eigenvalue weighted by molar-refractivity contribution is 7.15. The molecule has 0 N–H and O–H groups in total. The Morgan fingerprint density at radius 3 is 2.48 bits per heavy atom. The zero-order valence-electron chi connectivity index (χ0n) is 13.0. The summed E-state index contributed by atoms with van der Waals surface area (Å²) in [5.74, 6) is 0.877. The average Bonchev–Trinajstić information content (AvgIpc) is 2.97. The maximum atomic E-state index is 12.6. The summed E-state index contributed by atoms with van der Waals surface area (Å²) in [7, 11) is 0. The van der Waals surface area contributed by atoms with Crippen LogP contribution in [0.3, 0.4) is 0 Å². The van der Waals surface area contributed by atoms with E-state index in [0.717, 1.165) is 28.4 Å². The first kappa shape index (κ1) is 15.7. The molecule has 3 rings (SSSR count). The quantitative estimate of drug-likeness (QED) is 0.620. The summed E-state index contributed by atoms with van der Waals surface area (Å²) in [4.78, 5) is 5.91. The fraction of sp³-hybridized carbons (Fsp3) is 0.211. The van der Waals surface area contributed by atoms with Gasteiger partial charge < -0.3 is 4.74 Å². The molecule has 23 heavy (non-hydrogen) atoms. The first-order valence-corrected chi connectivity index (χ1v) is 8.37. The van der Waals surface area contributed by atoms with Crippen molar-refractivity contribution in [3.8, 4) is 16.3 Å². The van der Waals surface area contributed by atoms with E-state index in [4.69, 9.17) is 9.72 Å². The van der Waals surface area contributed by atoms with Gasteiger partial charge in [0.2, 0.25) is 0 Å². The minimum Gasteiger partial charge on any atom is -0.493 e. The molecular weight excluding hydrogens is 309 g/mol. The summed E-state index contributed by atoms with van der Waals surface area (Å²) in [6.07, 6.45) is 0.778. The molecule has 0 atom stereocenters. The maximum Gasteiger partial charge on any atom is 0.123 e. The van der Waals surface area contributed by atoms with Crippen molar-refractivity contribution in [2.45, 2.75) is 20.0 Å². The number of nitrogens with zero attached hydrogens (tertiary/aromatic N) is 1. The van der Waals surface area contributed by atoms with Crippen LogP contribution in [-0.2, 0) is 13.1 Å². The van der Waals surface area contributed by atoms with Crippen molar-refractivity contribution in [3.63, 3.8) is 0 Å². The smallest absolute Gasteiger partial charge is 0.123 e. The van der Waals surface area contributed by atoms with E-state index in [1.165, 1.54) is 4.88 Å². The molecule has 0 saturated carbocycles. The van der Waals surface area contributed by atoms with Crippen LogP contribution in [0.15, 0.2) is 54.6 Å². The third-order valence-corrected chi connectivity index (χ3v) is 4.66. The third kappa shape index (κ3) is 3.96. The van der Waals surface area contributed by atoms with E-state index in [-0.39, 0.29) is 0 Å². The van der Waals surface area contributed by atoms with Crippen LogP contribution >= 0.6 is 11.3 Å². The van der Waals surface area contributed by atoms with E-state index in [9.17, 15) is 4.39 Å². The van der Waals surface area contributed by atoms with Gasteiger partial charge in [0.05, 0.1) is 12.3 Å². The monoisotopic (exact) mass is 327 g/mol. The Balaban J connectivity index is 1.65. The molecule has 4 heteroatoms. The van der Waals surface area contributed by atoms with Crippen LogP contribution in [0.2, 0.25) is 0 Å². The Labute approximate surface area is 139 Å². The number of para-hydroxylation sites is 1. The van der Waals surface area contributed by atoms with Gasteiger partial charge in [-0.3, -0.25) is 0 Å². The Morgan fingerprint density at radius 1 is 1.04 bits per heavy atom. The highest BCUT2D eigenvalue weighted by Gasteiger charge is 2.09. The molecule has 0 aliphatic rings. The molecule has 0 aliphatic heterocycles. The molecule has 0 saturated heterocycles. The molecule has 2 nitrogen and oxygen atoms in total. The van der Waals surface area contributed by atoms with Crippen LogP contribution in [0.25, 0.3) is 10.6 Å². The second-order valence-electron chi connectivity index (χ2n) is 5.26. The van der Waals surface area contributed by atoms with Crippen LogP contribution in [-0.4, -0.2) is 11.6 Å². The number of halogens is 1.